The van der Waals surface area contributed by atoms with Gasteiger partial charge in [0.2, 0.25) is 0 Å². The van der Waals surface area contributed by atoms with Crippen LogP contribution in [0.1, 0.15) is 35.8 Å². The Bertz CT molecular complexity index is 3630. The second kappa shape index (κ2) is 18.2. The molecule has 0 radical (unpaired) electrons. The highest BCUT2D eigenvalue weighted by molar-refractivity contribution is 6.30. The molecule has 0 aliphatic heterocycles. The summed E-state index contributed by atoms with van der Waals surface area (Å²) >= 11 is 0. The van der Waals surface area contributed by atoms with Crippen LogP contribution in [0.15, 0.2) is 283 Å². The van der Waals surface area contributed by atoms with Crippen LogP contribution in [0.2, 0.25) is 0 Å². The third-order valence-corrected chi connectivity index (χ3v) is 14.5. The van der Waals surface area contributed by atoms with Gasteiger partial charge in [0.15, 0.2) is 0 Å². The maximum atomic E-state index is 7.34. The number of allylic oxidation sites excluding steroid dienone is 8. The zero-order chi connectivity index (χ0) is 47.1. The minimum atomic E-state index is 0.232. The van der Waals surface area contributed by atoms with Crippen molar-refractivity contribution < 1.29 is 4.42 Å². The average Bonchev–Trinajstić information content (AvgIpc) is 3.83. The lowest BCUT2D eigenvalue weighted by atomic mass is 9.89. The second-order valence-electron chi connectivity index (χ2n) is 18.8. The van der Waals surface area contributed by atoms with E-state index in [0.717, 1.165) is 79.1 Å². The first kappa shape index (κ1) is 42.2. The molecule has 0 saturated heterocycles. The molecule has 2 aliphatic carbocycles. The van der Waals surface area contributed by atoms with Crippen LogP contribution in [-0.4, -0.2) is 0 Å². The van der Waals surface area contributed by atoms with Gasteiger partial charge in [-0.15, -0.1) is 0 Å². The Balaban J connectivity index is 1.03. The number of hydrogen-bond acceptors (Lipinski definition) is 3. The van der Waals surface area contributed by atoms with Crippen LogP contribution in [0.25, 0.3) is 65.7 Å². The van der Waals surface area contributed by atoms with Crippen molar-refractivity contribution in [2.75, 3.05) is 9.80 Å². The number of hydrogen-bond donors (Lipinski definition) is 0. The van der Waals surface area contributed by atoms with Crippen molar-refractivity contribution in [2.45, 2.75) is 24.7 Å². The van der Waals surface area contributed by atoms with E-state index >= 15 is 0 Å². The van der Waals surface area contributed by atoms with Gasteiger partial charge in [-0.25, -0.2) is 0 Å². The first-order valence-corrected chi connectivity index (χ1v) is 24.8. The van der Waals surface area contributed by atoms with Crippen molar-refractivity contribution in [3.05, 3.63) is 289 Å². The highest BCUT2D eigenvalue weighted by Crippen LogP contribution is 2.50. The molecule has 13 rings (SSSR count). The van der Waals surface area contributed by atoms with Crippen molar-refractivity contribution in [3.63, 3.8) is 0 Å². The maximum Gasteiger partial charge on any atom is 0.138 e. The van der Waals surface area contributed by atoms with Gasteiger partial charge in [-0.3, -0.25) is 0 Å². The highest BCUT2D eigenvalue weighted by atomic mass is 16.3. The molecule has 1 aromatic heterocycles. The fourth-order valence-corrected chi connectivity index (χ4v) is 11.2. The molecule has 1 heterocycles. The van der Waals surface area contributed by atoms with Gasteiger partial charge >= 0.3 is 0 Å². The summed E-state index contributed by atoms with van der Waals surface area (Å²) in [6.07, 6.45) is 15.4. The summed E-state index contributed by atoms with van der Waals surface area (Å²) in [5.41, 5.74) is 15.9. The predicted octanol–water partition coefficient (Wildman–Crippen LogP) is 18.8. The quantitative estimate of drug-likeness (QED) is 0.136. The molecule has 2 atom stereocenters. The van der Waals surface area contributed by atoms with Gasteiger partial charge < -0.3 is 14.2 Å². The Morgan fingerprint density at radius 2 is 0.704 bits per heavy atom. The topological polar surface area (TPSA) is 19.6 Å². The lowest BCUT2D eigenvalue weighted by Crippen LogP contribution is -2.20. The van der Waals surface area contributed by atoms with Crippen LogP contribution in [-0.2, 0) is 0 Å². The van der Waals surface area contributed by atoms with E-state index in [1.165, 1.54) is 44.8 Å². The number of furan rings is 1. The number of fused-ring (bicyclic) bond motifs is 7. The van der Waals surface area contributed by atoms with Crippen molar-refractivity contribution in [1.29, 1.82) is 0 Å². The fourth-order valence-electron chi connectivity index (χ4n) is 11.2. The molecule has 3 heteroatoms. The molecule has 3 nitrogen and oxygen atoms in total. The van der Waals surface area contributed by atoms with Crippen molar-refractivity contribution in [3.8, 4) is 22.3 Å². The SMILES string of the molecule is C1=CC(c2ccccc2)CC(N(c2cccc(-c3ccccc3)c2)c2cc3oc4cc(N(C5=CC=CC(c6ccccc6)C5)c5cccc(-c6ccccc6)c5)c5ccccc5c4c3c3ccccc23)=C1. The van der Waals surface area contributed by atoms with Crippen LogP contribution < -0.4 is 9.80 Å². The average molecular weight is 911 g/mol. The van der Waals surface area contributed by atoms with Crippen LogP contribution >= 0.6 is 0 Å². The molecule has 11 aromatic rings. The first-order chi connectivity index (χ1) is 35.2. The summed E-state index contributed by atoms with van der Waals surface area (Å²) in [6.45, 7) is 0. The summed E-state index contributed by atoms with van der Waals surface area (Å²) in [7, 11) is 0. The summed E-state index contributed by atoms with van der Waals surface area (Å²) in [5, 5.41) is 6.90. The third kappa shape index (κ3) is 7.82. The van der Waals surface area contributed by atoms with Gasteiger partial charge in [-0.2, -0.15) is 0 Å². The molecule has 0 spiro atoms. The van der Waals surface area contributed by atoms with Crippen molar-refractivity contribution in [1.82, 2.24) is 0 Å². The van der Waals surface area contributed by atoms with E-state index in [1.807, 2.05) is 0 Å². The largest absolute Gasteiger partial charge is 0.456 e. The summed E-state index contributed by atoms with van der Waals surface area (Å²) in [4.78, 5) is 4.97. The molecule has 2 aliphatic rings. The standard InChI is InChI=1S/C68H50N2O/c1-5-21-47(22-6-1)51-29-17-33-55(41-51)69(56-34-18-30-52(42-56)48-23-7-2-8-24-48)63-45-65-67(61-39-15-13-37-59(61)63)68-62-40-16-14-38-60(62)64(46-66(68)71-65)70(57-35-19-31-53(43-57)49-25-9-3-10-26-49)58-36-20-32-54(44-58)50-27-11-4-12-28-50/h1-41,43,45-46,52,54H,42,44H2. The van der Waals surface area contributed by atoms with E-state index in [-0.39, 0.29) is 11.8 Å². The molecule has 10 aromatic carbocycles. The van der Waals surface area contributed by atoms with Crippen LogP contribution in [0.4, 0.5) is 22.7 Å². The molecule has 0 fully saturated rings. The molecule has 0 amide bonds. The van der Waals surface area contributed by atoms with Crippen molar-refractivity contribution in [2.24, 2.45) is 0 Å². The van der Waals surface area contributed by atoms with Crippen LogP contribution in [0.5, 0.6) is 0 Å². The van der Waals surface area contributed by atoms with Crippen molar-refractivity contribution >= 4 is 66.2 Å². The predicted molar refractivity (Wildman–Crippen MR) is 299 cm³/mol. The summed E-state index contributed by atoms with van der Waals surface area (Å²) in [5.74, 6) is 0.465. The van der Waals surface area contributed by atoms with Gasteiger partial charge in [-0.05, 0) is 93.4 Å². The zero-order valence-electron chi connectivity index (χ0n) is 39.3. The molecule has 0 N–H and O–H groups in total. The van der Waals surface area contributed by atoms with E-state index in [1.54, 1.807) is 0 Å². The lowest BCUT2D eigenvalue weighted by molar-refractivity contribution is 0.669. The molecule has 71 heavy (non-hydrogen) atoms. The molecular weight excluding hydrogens is 861 g/mol. The summed E-state index contributed by atoms with van der Waals surface area (Å²) in [6, 6.07) is 83.5. The van der Waals surface area contributed by atoms with E-state index < -0.39 is 0 Å². The van der Waals surface area contributed by atoms with Gasteiger partial charge in [0.1, 0.15) is 11.2 Å². The minimum Gasteiger partial charge on any atom is -0.456 e. The van der Waals surface area contributed by atoms with Gasteiger partial charge in [-0.1, -0.05) is 218 Å². The zero-order valence-corrected chi connectivity index (χ0v) is 39.3. The molecule has 0 bridgehead atoms. The number of benzene rings is 10. The van der Waals surface area contributed by atoms with Gasteiger partial charge in [0.25, 0.3) is 0 Å². The lowest BCUT2D eigenvalue weighted by Gasteiger charge is -2.32. The molecular formula is C68H50N2O. The normalized spacial score (nSPS) is 15.5. The van der Waals surface area contributed by atoms with Crippen LogP contribution in [0.3, 0.4) is 0 Å². The monoisotopic (exact) mass is 910 g/mol. The van der Waals surface area contributed by atoms with E-state index in [2.05, 4.69) is 277 Å². The first-order valence-electron chi connectivity index (χ1n) is 24.8. The minimum absolute atomic E-state index is 0.232. The Labute approximate surface area is 414 Å². The van der Waals surface area contributed by atoms with Crippen LogP contribution in [0, 0.1) is 0 Å². The van der Waals surface area contributed by atoms with E-state index in [9.17, 15) is 0 Å². The number of anilines is 4. The Hall–Kier alpha value is -8.92. The van der Waals surface area contributed by atoms with Gasteiger partial charge in [0.05, 0.1) is 11.4 Å². The number of nitrogens with zero attached hydrogens (tertiary/aromatic N) is 2. The highest BCUT2D eigenvalue weighted by Gasteiger charge is 2.28. The number of rotatable bonds is 10. The van der Waals surface area contributed by atoms with E-state index in [0.29, 0.717) is 0 Å². The Kier molecular flexibility index (Phi) is 10.8. The smallest absolute Gasteiger partial charge is 0.138 e. The fraction of sp³-hybridized carbons (Fsp3) is 0.0588. The molecule has 0 saturated carbocycles. The Morgan fingerprint density at radius 3 is 1.13 bits per heavy atom. The third-order valence-electron chi connectivity index (χ3n) is 14.5. The molecule has 2 unspecified atom stereocenters. The van der Waals surface area contributed by atoms with Gasteiger partial charge in [0, 0.05) is 68.3 Å². The van der Waals surface area contributed by atoms with E-state index in [4.69, 9.17) is 4.42 Å². The Morgan fingerprint density at radius 1 is 0.338 bits per heavy atom. The molecule has 338 valence electrons. The summed E-state index contributed by atoms with van der Waals surface area (Å²) < 4.78 is 7.34. The second-order valence-corrected chi connectivity index (χ2v) is 18.8. The maximum absolute atomic E-state index is 7.34.